The Morgan fingerprint density at radius 2 is 1.72 bits per heavy atom. The summed E-state index contributed by atoms with van der Waals surface area (Å²) >= 11 is 0. The zero-order chi connectivity index (χ0) is 20.2. The predicted molar refractivity (Wildman–Crippen MR) is 114 cm³/mol. The first-order valence-corrected chi connectivity index (χ1v) is 10.4. The maximum absolute atomic E-state index is 12.5. The van der Waals surface area contributed by atoms with Gasteiger partial charge in [0.15, 0.2) is 6.61 Å². The Balaban J connectivity index is 1.32. The predicted octanol–water partition coefficient (Wildman–Crippen LogP) is 2.42. The van der Waals surface area contributed by atoms with E-state index in [0.29, 0.717) is 13.1 Å². The van der Waals surface area contributed by atoms with E-state index in [-0.39, 0.29) is 12.5 Å². The highest BCUT2D eigenvalue weighted by Gasteiger charge is 2.24. The van der Waals surface area contributed by atoms with Crippen molar-refractivity contribution < 1.29 is 9.53 Å². The van der Waals surface area contributed by atoms with Crippen molar-refractivity contribution in [2.75, 3.05) is 55.7 Å². The van der Waals surface area contributed by atoms with E-state index in [1.165, 1.54) is 12.8 Å². The molecule has 7 heteroatoms. The van der Waals surface area contributed by atoms with Crippen LogP contribution in [0.15, 0.2) is 30.3 Å². The van der Waals surface area contributed by atoms with Crippen molar-refractivity contribution in [3.63, 3.8) is 0 Å². The third-order valence-electron chi connectivity index (χ3n) is 5.53. The molecule has 0 atom stereocenters. The van der Waals surface area contributed by atoms with Gasteiger partial charge in [0.05, 0.1) is 0 Å². The lowest BCUT2D eigenvalue weighted by atomic mass is 10.2. The Kier molecular flexibility index (Phi) is 5.83. The zero-order valence-corrected chi connectivity index (χ0v) is 17.3. The molecule has 0 bridgehead atoms. The van der Waals surface area contributed by atoms with Crippen LogP contribution in [0.3, 0.4) is 0 Å². The Bertz CT molecular complexity index is 858. The van der Waals surface area contributed by atoms with Crippen LogP contribution < -0.4 is 14.5 Å². The molecule has 0 radical (unpaired) electrons. The minimum Gasteiger partial charge on any atom is -0.484 e. The number of carbonyl (C=O) groups is 1. The molecule has 0 saturated carbocycles. The largest absolute Gasteiger partial charge is 0.484 e. The molecule has 2 saturated heterocycles. The normalized spacial score (nSPS) is 17.0. The van der Waals surface area contributed by atoms with Crippen LogP contribution in [-0.4, -0.2) is 66.7 Å². The molecule has 1 amide bonds. The van der Waals surface area contributed by atoms with E-state index in [0.717, 1.165) is 55.0 Å². The first-order chi connectivity index (χ1) is 14.1. The minimum atomic E-state index is 0.0223. The summed E-state index contributed by atoms with van der Waals surface area (Å²) in [5.41, 5.74) is 2.11. The molecule has 0 aliphatic carbocycles. The van der Waals surface area contributed by atoms with Crippen molar-refractivity contribution in [2.45, 2.75) is 26.7 Å². The Hall–Kier alpha value is -2.83. The van der Waals surface area contributed by atoms with E-state index in [4.69, 9.17) is 9.72 Å². The Labute approximate surface area is 172 Å². The topological polar surface area (TPSA) is 61.8 Å². The summed E-state index contributed by atoms with van der Waals surface area (Å²) in [5, 5.41) is 0. The van der Waals surface area contributed by atoms with Gasteiger partial charge < -0.3 is 19.4 Å². The smallest absolute Gasteiger partial charge is 0.260 e. The van der Waals surface area contributed by atoms with E-state index < -0.39 is 0 Å². The van der Waals surface area contributed by atoms with Gasteiger partial charge in [-0.2, -0.15) is 4.98 Å². The fourth-order valence-electron chi connectivity index (χ4n) is 3.88. The minimum absolute atomic E-state index is 0.0223. The van der Waals surface area contributed by atoms with E-state index in [9.17, 15) is 4.79 Å². The molecular weight excluding hydrogens is 366 g/mol. The van der Waals surface area contributed by atoms with Gasteiger partial charge >= 0.3 is 0 Å². The molecule has 4 rings (SSSR count). The number of aryl methyl sites for hydroxylation is 2. The van der Waals surface area contributed by atoms with Crippen LogP contribution in [0.5, 0.6) is 5.75 Å². The van der Waals surface area contributed by atoms with Gasteiger partial charge in [0.1, 0.15) is 11.6 Å². The van der Waals surface area contributed by atoms with E-state index >= 15 is 0 Å². The first kappa shape index (κ1) is 19.5. The van der Waals surface area contributed by atoms with Gasteiger partial charge in [-0.15, -0.1) is 0 Å². The molecule has 3 heterocycles. The molecule has 2 aliphatic rings. The van der Waals surface area contributed by atoms with Gasteiger partial charge in [-0.25, -0.2) is 4.98 Å². The lowest BCUT2D eigenvalue weighted by Crippen LogP contribution is -2.50. The highest BCUT2D eigenvalue weighted by molar-refractivity contribution is 5.78. The fourth-order valence-corrected chi connectivity index (χ4v) is 3.88. The number of ether oxygens (including phenoxy) is 1. The number of rotatable bonds is 5. The van der Waals surface area contributed by atoms with Gasteiger partial charge in [0, 0.05) is 51.0 Å². The molecule has 2 aliphatic heterocycles. The Morgan fingerprint density at radius 1 is 0.966 bits per heavy atom. The highest BCUT2D eigenvalue weighted by atomic mass is 16.5. The number of piperazine rings is 1. The van der Waals surface area contributed by atoms with Crippen molar-refractivity contribution in [3.8, 4) is 5.75 Å². The summed E-state index contributed by atoms with van der Waals surface area (Å²) in [5.74, 6) is 2.55. The van der Waals surface area contributed by atoms with Crippen LogP contribution in [0.25, 0.3) is 0 Å². The summed E-state index contributed by atoms with van der Waals surface area (Å²) < 4.78 is 5.67. The van der Waals surface area contributed by atoms with Crippen LogP contribution in [0.1, 0.15) is 24.1 Å². The van der Waals surface area contributed by atoms with Gasteiger partial charge in [0.25, 0.3) is 5.91 Å². The van der Waals surface area contributed by atoms with Crippen molar-refractivity contribution >= 4 is 17.7 Å². The number of benzene rings is 1. The number of aromatic nitrogens is 2. The lowest BCUT2D eigenvalue weighted by molar-refractivity contribution is -0.133. The van der Waals surface area contributed by atoms with Crippen molar-refractivity contribution in [2.24, 2.45) is 0 Å². The standard InChI is InChI=1S/C22H29N5O2/c1-17-6-5-7-19(14-17)29-16-21(28)26-10-12-27(13-11-26)22-23-18(2)15-20(24-22)25-8-3-4-9-25/h5-7,14-15H,3-4,8-13,16H2,1-2H3. The number of nitrogens with zero attached hydrogens (tertiary/aromatic N) is 5. The monoisotopic (exact) mass is 395 g/mol. The van der Waals surface area contributed by atoms with E-state index in [1.807, 2.05) is 43.0 Å². The second-order valence-corrected chi connectivity index (χ2v) is 7.83. The van der Waals surface area contributed by atoms with Gasteiger partial charge in [0.2, 0.25) is 5.95 Å². The number of carbonyl (C=O) groups excluding carboxylic acids is 1. The summed E-state index contributed by atoms with van der Waals surface area (Å²) in [6, 6.07) is 9.84. The molecule has 0 N–H and O–H groups in total. The average molecular weight is 396 g/mol. The molecule has 2 aromatic rings. The van der Waals surface area contributed by atoms with Crippen molar-refractivity contribution in [1.82, 2.24) is 14.9 Å². The molecular formula is C22H29N5O2. The maximum atomic E-state index is 12.5. The third kappa shape index (κ3) is 4.78. The highest BCUT2D eigenvalue weighted by Crippen LogP contribution is 2.22. The summed E-state index contributed by atoms with van der Waals surface area (Å²) in [6.07, 6.45) is 2.45. The van der Waals surface area contributed by atoms with Gasteiger partial charge in [-0.3, -0.25) is 4.79 Å². The lowest BCUT2D eigenvalue weighted by Gasteiger charge is -2.35. The maximum Gasteiger partial charge on any atom is 0.260 e. The van der Waals surface area contributed by atoms with Gasteiger partial charge in [-0.1, -0.05) is 12.1 Å². The molecule has 2 fully saturated rings. The molecule has 1 aromatic heterocycles. The zero-order valence-electron chi connectivity index (χ0n) is 17.3. The van der Waals surface area contributed by atoms with Crippen LogP contribution in [-0.2, 0) is 4.79 Å². The summed E-state index contributed by atoms with van der Waals surface area (Å²) in [4.78, 5) is 28.4. The van der Waals surface area contributed by atoms with Crippen LogP contribution in [0, 0.1) is 13.8 Å². The van der Waals surface area contributed by atoms with Crippen LogP contribution in [0.4, 0.5) is 11.8 Å². The SMILES string of the molecule is Cc1cccc(OCC(=O)N2CCN(c3nc(C)cc(N4CCCC4)n3)CC2)c1. The second kappa shape index (κ2) is 8.68. The Morgan fingerprint density at radius 3 is 2.45 bits per heavy atom. The molecule has 1 aromatic carbocycles. The fraction of sp³-hybridized carbons (Fsp3) is 0.500. The quantitative estimate of drug-likeness (QED) is 0.775. The number of hydrogen-bond donors (Lipinski definition) is 0. The third-order valence-corrected chi connectivity index (χ3v) is 5.53. The van der Waals surface area contributed by atoms with Gasteiger partial charge in [-0.05, 0) is 44.4 Å². The molecule has 29 heavy (non-hydrogen) atoms. The molecule has 0 unspecified atom stereocenters. The van der Waals surface area contributed by atoms with Crippen molar-refractivity contribution in [3.05, 3.63) is 41.6 Å². The van der Waals surface area contributed by atoms with E-state index in [2.05, 4.69) is 20.9 Å². The van der Waals surface area contributed by atoms with Crippen LogP contribution in [0.2, 0.25) is 0 Å². The average Bonchev–Trinajstić information content (AvgIpc) is 3.27. The molecule has 7 nitrogen and oxygen atoms in total. The molecule has 0 spiro atoms. The van der Waals surface area contributed by atoms with Crippen molar-refractivity contribution in [1.29, 1.82) is 0 Å². The van der Waals surface area contributed by atoms with Crippen LogP contribution >= 0.6 is 0 Å². The first-order valence-electron chi connectivity index (χ1n) is 10.4. The number of hydrogen-bond acceptors (Lipinski definition) is 6. The second-order valence-electron chi connectivity index (χ2n) is 7.83. The summed E-state index contributed by atoms with van der Waals surface area (Å²) in [7, 11) is 0. The van der Waals surface area contributed by atoms with E-state index in [1.54, 1.807) is 0 Å². The molecule has 154 valence electrons. The summed E-state index contributed by atoms with van der Waals surface area (Å²) in [6.45, 7) is 9.03. The number of amides is 1. The number of anilines is 2.